The van der Waals surface area contributed by atoms with Gasteiger partial charge in [-0.15, -0.1) is 0 Å². The number of aromatic nitrogens is 3. The fraction of sp³-hybridized carbons (Fsp3) is 0.400. The Bertz CT molecular complexity index is 1150. The third kappa shape index (κ3) is 4.79. The Morgan fingerprint density at radius 1 is 1.13 bits per heavy atom. The van der Waals surface area contributed by atoms with Crippen LogP contribution in [0.5, 0.6) is 0 Å². The molecule has 1 aromatic carbocycles. The minimum atomic E-state index is -0.332. The van der Waals surface area contributed by atoms with Gasteiger partial charge in [0.15, 0.2) is 0 Å². The molecule has 3 rings (SSSR count). The van der Waals surface area contributed by atoms with Crippen molar-refractivity contribution in [2.24, 2.45) is 0 Å². The molecule has 1 N–H and O–H groups in total. The zero-order chi connectivity index (χ0) is 22.7. The van der Waals surface area contributed by atoms with Gasteiger partial charge in [0.2, 0.25) is 0 Å². The molecule has 0 bridgehead atoms. The number of amides is 1. The van der Waals surface area contributed by atoms with Crippen LogP contribution in [0.2, 0.25) is 0 Å². The highest BCUT2D eigenvalue weighted by Gasteiger charge is 2.16. The summed E-state index contributed by atoms with van der Waals surface area (Å²) in [7, 11) is 0. The Kier molecular flexibility index (Phi) is 6.78. The van der Waals surface area contributed by atoms with Gasteiger partial charge >= 0.3 is 0 Å². The molecular formula is C25H32N4O2. The molecule has 6 nitrogen and oxygen atoms in total. The summed E-state index contributed by atoms with van der Waals surface area (Å²) in [6.45, 7) is 13.3. The van der Waals surface area contributed by atoms with Gasteiger partial charge < -0.3 is 5.32 Å². The van der Waals surface area contributed by atoms with Gasteiger partial charge in [-0.05, 0) is 74.9 Å². The third-order valence-electron chi connectivity index (χ3n) is 5.92. The minimum absolute atomic E-state index is 0.194. The highest BCUT2D eigenvalue weighted by molar-refractivity contribution is 5.95. The molecule has 0 fully saturated rings. The SMILES string of the molecule is Cc1ccn(-c2cccc(C(C)C)c2)c(=O)c1C(=O)NCCCn1nc(C)c(C)c1C. The maximum Gasteiger partial charge on any atom is 0.268 e. The predicted octanol–water partition coefficient (Wildman–Crippen LogP) is 4.21. The van der Waals surface area contributed by atoms with Gasteiger partial charge in [-0.1, -0.05) is 26.0 Å². The predicted molar refractivity (Wildman–Crippen MR) is 124 cm³/mol. The van der Waals surface area contributed by atoms with E-state index < -0.39 is 0 Å². The van der Waals surface area contributed by atoms with Crippen molar-refractivity contribution in [2.45, 2.75) is 60.4 Å². The van der Waals surface area contributed by atoms with E-state index in [1.54, 1.807) is 17.7 Å². The standard InChI is InChI=1S/C25H32N4O2/c1-16(2)21-9-7-10-22(15-21)28-14-11-17(3)23(25(28)31)24(30)26-12-8-13-29-20(6)18(4)19(5)27-29/h7,9-11,14-16H,8,12-13H2,1-6H3,(H,26,30). The van der Waals surface area contributed by atoms with Gasteiger partial charge in [0.05, 0.1) is 5.69 Å². The summed E-state index contributed by atoms with van der Waals surface area (Å²) in [5.41, 5.74) is 5.87. The molecule has 6 heteroatoms. The fourth-order valence-electron chi connectivity index (χ4n) is 3.66. The van der Waals surface area contributed by atoms with Crippen LogP contribution in [0.4, 0.5) is 0 Å². The van der Waals surface area contributed by atoms with E-state index in [1.165, 1.54) is 5.56 Å². The van der Waals surface area contributed by atoms with Gasteiger partial charge in [-0.2, -0.15) is 5.10 Å². The van der Waals surface area contributed by atoms with E-state index in [1.807, 2.05) is 41.9 Å². The Hall–Kier alpha value is -3.15. The lowest BCUT2D eigenvalue weighted by Gasteiger charge is -2.13. The number of carbonyl (C=O) groups is 1. The van der Waals surface area contributed by atoms with Crippen molar-refractivity contribution in [1.29, 1.82) is 0 Å². The lowest BCUT2D eigenvalue weighted by Crippen LogP contribution is -2.34. The number of benzene rings is 1. The number of hydrogen-bond acceptors (Lipinski definition) is 3. The topological polar surface area (TPSA) is 68.9 Å². The Morgan fingerprint density at radius 2 is 1.87 bits per heavy atom. The molecule has 2 heterocycles. The van der Waals surface area contributed by atoms with Gasteiger partial charge in [0.25, 0.3) is 11.5 Å². The zero-order valence-corrected chi connectivity index (χ0v) is 19.3. The molecule has 31 heavy (non-hydrogen) atoms. The first-order valence-electron chi connectivity index (χ1n) is 10.8. The maximum absolute atomic E-state index is 13.1. The number of aryl methyl sites for hydroxylation is 3. The Labute approximate surface area is 183 Å². The molecule has 2 aromatic heterocycles. The van der Waals surface area contributed by atoms with E-state index in [0.717, 1.165) is 35.6 Å². The quantitative estimate of drug-likeness (QED) is 0.582. The summed E-state index contributed by atoms with van der Waals surface area (Å²) >= 11 is 0. The average molecular weight is 421 g/mol. The highest BCUT2D eigenvalue weighted by atomic mass is 16.2. The van der Waals surface area contributed by atoms with Crippen LogP contribution in [0.1, 0.15) is 64.6 Å². The lowest BCUT2D eigenvalue weighted by atomic mass is 10.0. The summed E-state index contributed by atoms with van der Waals surface area (Å²) in [6.07, 6.45) is 2.47. The first-order valence-corrected chi connectivity index (χ1v) is 10.8. The van der Waals surface area contributed by atoms with E-state index >= 15 is 0 Å². The molecule has 3 aromatic rings. The van der Waals surface area contributed by atoms with Crippen LogP contribution in [0, 0.1) is 27.7 Å². The van der Waals surface area contributed by atoms with Crippen molar-refractivity contribution < 1.29 is 4.79 Å². The zero-order valence-electron chi connectivity index (χ0n) is 19.3. The van der Waals surface area contributed by atoms with Crippen molar-refractivity contribution in [3.05, 3.63) is 80.5 Å². The summed E-state index contributed by atoms with van der Waals surface area (Å²) in [5.74, 6) is 0.0243. The number of pyridine rings is 1. The van der Waals surface area contributed by atoms with E-state index in [0.29, 0.717) is 18.0 Å². The van der Waals surface area contributed by atoms with Crippen molar-refractivity contribution in [3.8, 4) is 5.69 Å². The molecule has 164 valence electrons. The number of nitrogens with one attached hydrogen (secondary N) is 1. The first-order chi connectivity index (χ1) is 14.7. The van der Waals surface area contributed by atoms with Crippen LogP contribution >= 0.6 is 0 Å². The maximum atomic E-state index is 13.1. The van der Waals surface area contributed by atoms with Gasteiger partial charge in [0, 0.05) is 30.7 Å². The number of carbonyl (C=O) groups excluding carboxylic acids is 1. The first kappa shape index (κ1) is 22.5. The normalized spacial score (nSPS) is 11.2. The second-order valence-corrected chi connectivity index (χ2v) is 8.43. The number of nitrogens with zero attached hydrogens (tertiary/aromatic N) is 3. The van der Waals surface area contributed by atoms with Crippen molar-refractivity contribution in [2.75, 3.05) is 6.54 Å². The van der Waals surface area contributed by atoms with Crippen LogP contribution in [-0.2, 0) is 6.54 Å². The lowest BCUT2D eigenvalue weighted by molar-refractivity contribution is 0.0950. The van der Waals surface area contributed by atoms with E-state index in [2.05, 4.69) is 38.1 Å². The molecule has 0 aliphatic rings. The molecule has 0 atom stereocenters. The van der Waals surface area contributed by atoms with E-state index in [4.69, 9.17) is 0 Å². The average Bonchev–Trinajstić information content (AvgIpc) is 2.98. The van der Waals surface area contributed by atoms with Crippen LogP contribution < -0.4 is 10.9 Å². The smallest absolute Gasteiger partial charge is 0.268 e. The van der Waals surface area contributed by atoms with Crippen LogP contribution in [0.3, 0.4) is 0 Å². The van der Waals surface area contributed by atoms with E-state index in [-0.39, 0.29) is 17.0 Å². The van der Waals surface area contributed by atoms with Crippen molar-refractivity contribution >= 4 is 5.91 Å². The fourth-order valence-corrected chi connectivity index (χ4v) is 3.66. The Balaban J connectivity index is 1.74. The minimum Gasteiger partial charge on any atom is -0.352 e. The second-order valence-electron chi connectivity index (χ2n) is 8.43. The van der Waals surface area contributed by atoms with Crippen molar-refractivity contribution in [3.63, 3.8) is 0 Å². The molecule has 0 unspecified atom stereocenters. The molecule has 0 aliphatic heterocycles. The van der Waals surface area contributed by atoms with Gasteiger partial charge in [-0.25, -0.2) is 0 Å². The molecule has 0 spiro atoms. The highest BCUT2D eigenvalue weighted by Crippen LogP contribution is 2.18. The molecule has 0 saturated heterocycles. The van der Waals surface area contributed by atoms with Crippen molar-refractivity contribution in [1.82, 2.24) is 19.7 Å². The van der Waals surface area contributed by atoms with E-state index in [9.17, 15) is 9.59 Å². The van der Waals surface area contributed by atoms with Crippen LogP contribution in [0.25, 0.3) is 5.69 Å². The summed E-state index contributed by atoms with van der Waals surface area (Å²) in [5, 5.41) is 7.43. The molecular weight excluding hydrogens is 388 g/mol. The monoisotopic (exact) mass is 420 g/mol. The van der Waals surface area contributed by atoms with Crippen LogP contribution in [0.15, 0.2) is 41.3 Å². The molecule has 0 aliphatic carbocycles. The van der Waals surface area contributed by atoms with Gasteiger partial charge in [-0.3, -0.25) is 18.8 Å². The summed E-state index contributed by atoms with van der Waals surface area (Å²) in [6, 6.07) is 9.69. The molecule has 0 saturated carbocycles. The number of hydrogen-bond donors (Lipinski definition) is 1. The largest absolute Gasteiger partial charge is 0.352 e. The van der Waals surface area contributed by atoms with Gasteiger partial charge in [0.1, 0.15) is 5.56 Å². The second kappa shape index (κ2) is 9.33. The summed E-state index contributed by atoms with van der Waals surface area (Å²) < 4.78 is 3.52. The van der Waals surface area contributed by atoms with Crippen LogP contribution in [-0.4, -0.2) is 26.8 Å². The molecule has 1 amide bonds. The Morgan fingerprint density at radius 3 is 2.52 bits per heavy atom. The summed E-state index contributed by atoms with van der Waals surface area (Å²) in [4.78, 5) is 26.0. The number of rotatable bonds is 7. The third-order valence-corrected chi connectivity index (χ3v) is 5.92. The molecule has 0 radical (unpaired) electrons.